The maximum atomic E-state index is 12.3. The SMILES string of the molecule is Cn1ncc(Br)c1C(=O)Nc1ccc(-c2cn3ccsc3n2)cc1. The van der Waals surface area contributed by atoms with Crippen LogP contribution in [-0.4, -0.2) is 25.1 Å². The van der Waals surface area contributed by atoms with Crippen molar-refractivity contribution < 1.29 is 4.79 Å². The number of thiazole rings is 1. The van der Waals surface area contributed by atoms with Gasteiger partial charge in [0.15, 0.2) is 4.96 Å². The Balaban J connectivity index is 1.55. The van der Waals surface area contributed by atoms with E-state index in [2.05, 4.69) is 31.3 Å². The van der Waals surface area contributed by atoms with Gasteiger partial charge in [-0.1, -0.05) is 12.1 Å². The van der Waals surface area contributed by atoms with Gasteiger partial charge >= 0.3 is 0 Å². The molecule has 24 heavy (non-hydrogen) atoms. The summed E-state index contributed by atoms with van der Waals surface area (Å²) >= 11 is 4.93. The summed E-state index contributed by atoms with van der Waals surface area (Å²) in [5.74, 6) is -0.211. The van der Waals surface area contributed by atoms with Crippen molar-refractivity contribution in [3.63, 3.8) is 0 Å². The minimum absolute atomic E-state index is 0.211. The van der Waals surface area contributed by atoms with E-state index in [0.29, 0.717) is 10.2 Å². The van der Waals surface area contributed by atoms with Crippen molar-refractivity contribution >= 4 is 43.8 Å². The molecule has 0 unspecified atom stereocenters. The second-order valence-corrected chi connectivity index (χ2v) is 6.94. The molecule has 4 rings (SSSR count). The Bertz CT molecular complexity index is 983. The molecule has 0 aliphatic carbocycles. The third-order valence-corrected chi connectivity index (χ3v) is 4.99. The topological polar surface area (TPSA) is 64.2 Å². The van der Waals surface area contributed by atoms with Gasteiger partial charge in [-0.25, -0.2) is 4.98 Å². The van der Waals surface area contributed by atoms with E-state index in [0.717, 1.165) is 21.9 Å². The molecular formula is C16H12BrN5OS. The van der Waals surface area contributed by atoms with Crippen LogP contribution in [0.2, 0.25) is 0 Å². The highest BCUT2D eigenvalue weighted by Crippen LogP contribution is 2.23. The highest BCUT2D eigenvalue weighted by molar-refractivity contribution is 9.10. The van der Waals surface area contributed by atoms with E-state index in [1.54, 1.807) is 24.6 Å². The second kappa shape index (κ2) is 5.88. The van der Waals surface area contributed by atoms with E-state index in [9.17, 15) is 4.79 Å². The van der Waals surface area contributed by atoms with Gasteiger partial charge in [0.05, 0.1) is 16.4 Å². The Kier molecular flexibility index (Phi) is 3.70. The number of amides is 1. The summed E-state index contributed by atoms with van der Waals surface area (Å²) in [6, 6.07) is 7.62. The smallest absolute Gasteiger partial charge is 0.275 e. The number of carbonyl (C=O) groups is 1. The number of nitrogens with one attached hydrogen (secondary N) is 1. The summed E-state index contributed by atoms with van der Waals surface area (Å²) < 4.78 is 4.19. The molecule has 0 radical (unpaired) electrons. The number of benzene rings is 1. The number of anilines is 1. The lowest BCUT2D eigenvalue weighted by atomic mass is 10.1. The first-order chi connectivity index (χ1) is 11.6. The fourth-order valence-electron chi connectivity index (χ4n) is 2.45. The second-order valence-electron chi connectivity index (χ2n) is 5.22. The Hall–Kier alpha value is -2.45. The van der Waals surface area contributed by atoms with E-state index in [1.807, 2.05) is 46.4 Å². The van der Waals surface area contributed by atoms with Gasteiger partial charge in [-0.05, 0) is 28.1 Å². The summed E-state index contributed by atoms with van der Waals surface area (Å²) in [5, 5.41) is 8.92. The zero-order valence-electron chi connectivity index (χ0n) is 12.6. The van der Waals surface area contributed by atoms with Crippen LogP contribution in [0.5, 0.6) is 0 Å². The molecule has 0 fully saturated rings. The lowest BCUT2D eigenvalue weighted by molar-refractivity contribution is 0.101. The molecule has 120 valence electrons. The van der Waals surface area contributed by atoms with Crippen molar-refractivity contribution in [1.29, 1.82) is 0 Å². The molecule has 0 spiro atoms. The number of halogens is 1. The van der Waals surface area contributed by atoms with Gasteiger partial charge in [-0.3, -0.25) is 13.9 Å². The van der Waals surface area contributed by atoms with Gasteiger partial charge in [0, 0.05) is 36.1 Å². The molecule has 4 aromatic rings. The highest BCUT2D eigenvalue weighted by atomic mass is 79.9. The molecule has 0 saturated carbocycles. The number of rotatable bonds is 3. The number of hydrogen-bond acceptors (Lipinski definition) is 4. The predicted molar refractivity (Wildman–Crippen MR) is 97.4 cm³/mol. The molecule has 0 atom stereocenters. The average molecular weight is 402 g/mol. The standard InChI is InChI=1S/C16H12BrN5OS/c1-21-14(12(17)8-18-21)15(23)19-11-4-2-10(3-5-11)13-9-22-6-7-24-16(22)20-13/h2-9H,1H3,(H,19,23). The summed E-state index contributed by atoms with van der Waals surface area (Å²) in [4.78, 5) is 17.9. The normalized spacial score (nSPS) is 11.1. The van der Waals surface area contributed by atoms with Crippen molar-refractivity contribution in [2.24, 2.45) is 7.05 Å². The number of nitrogens with zero attached hydrogens (tertiary/aromatic N) is 4. The lowest BCUT2D eigenvalue weighted by Gasteiger charge is -2.06. The first-order valence-corrected chi connectivity index (χ1v) is 8.80. The number of aromatic nitrogens is 4. The highest BCUT2D eigenvalue weighted by Gasteiger charge is 2.15. The number of aryl methyl sites for hydroxylation is 1. The third-order valence-electron chi connectivity index (χ3n) is 3.64. The molecule has 0 bridgehead atoms. The molecular weight excluding hydrogens is 390 g/mol. The van der Waals surface area contributed by atoms with Crippen molar-refractivity contribution in [1.82, 2.24) is 19.2 Å². The fraction of sp³-hybridized carbons (Fsp3) is 0.0625. The molecule has 3 aromatic heterocycles. The van der Waals surface area contributed by atoms with E-state index >= 15 is 0 Å². The Morgan fingerprint density at radius 1 is 1.29 bits per heavy atom. The quantitative estimate of drug-likeness (QED) is 0.567. The molecule has 0 aliphatic heterocycles. The number of imidazole rings is 1. The van der Waals surface area contributed by atoms with Crippen LogP contribution >= 0.6 is 27.3 Å². The molecule has 8 heteroatoms. The van der Waals surface area contributed by atoms with Gasteiger partial charge in [-0.15, -0.1) is 11.3 Å². The van der Waals surface area contributed by atoms with Crippen LogP contribution in [0.4, 0.5) is 5.69 Å². The average Bonchev–Trinajstić information content (AvgIpc) is 3.23. The Labute approximate surface area is 149 Å². The van der Waals surface area contributed by atoms with Crippen molar-refractivity contribution in [2.45, 2.75) is 0 Å². The summed E-state index contributed by atoms with van der Waals surface area (Å²) in [7, 11) is 1.73. The van der Waals surface area contributed by atoms with Crippen LogP contribution in [0.15, 0.2) is 52.7 Å². The monoisotopic (exact) mass is 401 g/mol. The van der Waals surface area contributed by atoms with Crippen molar-refractivity contribution in [2.75, 3.05) is 5.32 Å². The first kappa shape index (κ1) is 15.1. The Morgan fingerprint density at radius 2 is 2.08 bits per heavy atom. The summed E-state index contributed by atoms with van der Waals surface area (Å²) in [5.41, 5.74) is 3.12. The number of fused-ring (bicyclic) bond motifs is 1. The van der Waals surface area contributed by atoms with Crippen molar-refractivity contribution in [3.8, 4) is 11.3 Å². The van der Waals surface area contributed by atoms with E-state index in [-0.39, 0.29) is 5.91 Å². The van der Waals surface area contributed by atoms with Crippen molar-refractivity contribution in [3.05, 3.63) is 58.4 Å². The van der Waals surface area contributed by atoms with Crippen LogP contribution in [0.1, 0.15) is 10.5 Å². The molecule has 0 aliphatic rings. The minimum atomic E-state index is -0.211. The van der Waals surface area contributed by atoms with Crippen LogP contribution in [0.3, 0.4) is 0 Å². The molecule has 1 aromatic carbocycles. The maximum Gasteiger partial charge on any atom is 0.275 e. The number of hydrogen-bond donors (Lipinski definition) is 1. The fourth-order valence-corrected chi connectivity index (χ4v) is 3.68. The Morgan fingerprint density at radius 3 is 2.75 bits per heavy atom. The third kappa shape index (κ3) is 2.63. The summed E-state index contributed by atoms with van der Waals surface area (Å²) in [6.45, 7) is 0. The largest absolute Gasteiger partial charge is 0.321 e. The molecule has 0 saturated heterocycles. The molecule has 3 heterocycles. The first-order valence-electron chi connectivity index (χ1n) is 7.13. The molecule has 1 amide bonds. The molecule has 1 N–H and O–H groups in total. The number of carbonyl (C=O) groups excluding carboxylic acids is 1. The van der Waals surface area contributed by atoms with Gasteiger partial charge in [-0.2, -0.15) is 5.10 Å². The van der Waals surface area contributed by atoms with E-state index in [1.165, 1.54) is 4.68 Å². The minimum Gasteiger partial charge on any atom is -0.321 e. The predicted octanol–water partition coefficient (Wildman–Crippen LogP) is 3.81. The maximum absolute atomic E-state index is 12.3. The summed E-state index contributed by atoms with van der Waals surface area (Å²) in [6.07, 6.45) is 5.57. The van der Waals surface area contributed by atoms with Gasteiger partial charge in [0.2, 0.25) is 0 Å². The van der Waals surface area contributed by atoms with Crippen LogP contribution in [0.25, 0.3) is 16.2 Å². The van der Waals surface area contributed by atoms with E-state index in [4.69, 9.17) is 0 Å². The zero-order chi connectivity index (χ0) is 16.7. The van der Waals surface area contributed by atoms with Gasteiger partial charge < -0.3 is 5.32 Å². The lowest BCUT2D eigenvalue weighted by Crippen LogP contribution is -2.16. The van der Waals surface area contributed by atoms with Crippen LogP contribution in [0, 0.1) is 0 Å². The van der Waals surface area contributed by atoms with Crippen LogP contribution < -0.4 is 5.32 Å². The van der Waals surface area contributed by atoms with Gasteiger partial charge in [0.1, 0.15) is 5.69 Å². The zero-order valence-corrected chi connectivity index (χ0v) is 15.0. The van der Waals surface area contributed by atoms with Crippen LogP contribution in [-0.2, 0) is 7.05 Å². The van der Waals surface area contributed by atoms with E-state index < -0.39 is 0 Å². The van der Waals surface area contributed by atoms with Gasteiger partial charge in [0.25, 0.3) is 5.91 Å². The molecule has 6 nitrogen and oxygen atoms in total.